The lowest BCUT2D eigenvalue weighted by atomic mass is 10.0. The van der Waals surface area contributed by atoms with Gasteiger partial charge in [-0.2, -0.15) is 0 Å². The van der Waals surface area contributed by atoms with Crippen molar-refractivity contribution in [3.63, 3.8) is 0 Å². The van der Waals surface area contributed by atoms with Crippen LogP contribution in [-0.2, 0) is 6.54 Å². The molecule has 1 aromatic heterocycles. The summed E-state index contributed by atoms with van der Waals surface area (Å²) in [5, 5.41) is 6.04. The van der Waals surface area contributed by atoms with Gasteiger partial charge in [-0.25, -0.2) is 4.79 Å². The van der Waals surface area contributed by atoms with Gasteiger partial charge in [-0.05, 0) is 49.3 Å². The number of likely N-dealkylation sites (tertiary alicyclic amines) is 1. The van der Waals surface area contributed by atoms with E-state index in [-0.39, 0.29) is 6.03 Å². The fraction of sp³-hybridized carbons (Fsp3) is 0.667. The molecule has 0 bridgehead atoms. The van der Waals surface area contributed by atoms with E-state index in [1.807, 2.05) is 12.1 Å². The van der Waals surface area contributed by atoms with Gasteiger partial charge in [-0.1, -0.05) is 12.8 Å². The van der Waals surface area contributed by atoms with Gasteiger partial charge in [0.25, 0.3) is 0 Å². The molecule has 2 fully saturated rings. The van der Waals surface area contributed by atoms with Crippen LogP contribution >= 0.6 is 0 Å². The average Bonchev–Trinajstić information content (AvgIpc) is 3.09. The highest BCUT2D eigenvalue weighted by Crippen LogP contribution is 2.26. The Bertz CT molecular complexity index is 479. The second-order valence-corrected chi connectivity index (χ2v) is 6.91. The van der Waals surface area contributed by atoms with E-state index in [4.69, 9.17) is 0 Å². The Morgan fingerprint density at radius 3 is 2.52 bits per heavy atom. The van der Waals surface area contributed by atoms with Crippen molar-refractivity contribution in [2.75, 3.05) is 19.6 Å². The van der Waals surface area contributed by atoms with Crippen LogP contribution in [0, 0.1) is 5.92 Å². The number of nitrogens with zero attached hydrogens (tertiary/aromatic N) is 2. The maximum absolute atomic E-state index is 12.0. The number of pyridine rings is 1. The van der Waals surface area contributed by atoms with Crippen LogP contribution in [0.1, 0.15) is 44.1 Å². The number of carbonyl (C=O) groups is 1. The first-order valence-corrected chi connectivity index (χ1v) is 8.95. The number of amides is 2. The molecule has 2 heterocycles. The zero-order chi connectivity index (χ0) is 15.9. The zero-order valence-electron chi connectivity index (χ0n) is 13.8. The van der Waals surface area contributed by atoms with E-state index in [0.717, 1.165) is 37.4 Å². The molecule has 2 aliphatic rings. The van der Waals surface area contributed by atoms with Crippen LogP contribution in [0.2, 0.25) is 0 Å². The van der Waals surface area contributed by atoms with Crippen molar-refractivity contribution in [2.24, 2.45) is 5.92 Å². The minimum absolute atomic E-state index is 0.0592. The van der Waals surface area contributed by atoms with Crippen molar-refractivity contribution < 1.29 is 4.79 Å². The zero-order valence-corrected chi connectivity index (χ0v) is 13.8. The van der Waals surface area contributed by atoms with Gasteiger partial charge >= 0.3 is 6.03 Å². The number of rotatable bonds is 5. The third-order valence-electron chi connectivity index (χ3n) is 5.12. The number of urea groups is 1. The van der Waals surface area contributed by atoms with Crippen LogP contribution in [-0.4, -0.2) is 41.6 Å². The highest BCUT2D eigenvalue weighted by Gasteiger charge is 2.24. The average molecular weight is 316 g/mol. The fourth-order valence-corrected chi connectivity index (χ4v) is 3.74. The van der Waals surface area contributed by atoms with Crippen LogP contribution in [0.25, 0.3) is 0 Å². The quantitative estimate of drug-likeness (QED) is 0.877. The predicted molar refractivity (Wildman–Crippen MR) is 91.0 cm³/mol. The van der Waals surface area contributed by atoms with Gasteiger partial charge < -0.3 is 15.5 Å². The Morgan fingerprint density at radius 1 is 1.13 bits per heavy atom. The molecule has 0 aromatic carbocycles. The first kappa shape index (κ1) is 16.2. The molecule has 1 saturated carbocycles. The summed E-state index contributed by atoms with van der Waals surface area (Å²) in [7, 11) is 0. The Balaban J connectivity index is 1.32. The summed E-state index contributed by atoms with van der Waals surface area (Å²) < 4.78 is 0. The molecule has 2 N–H and O–H groups in total. The summed E-state index contributed by atoms with van der Waals surface area (Å²) >= 11 is 0. The SMILES string of the molecule is O=C(NCc1ccncc1)NC1CCN(CC2CCCC2)CC1. The number of piperidine rings is 1. The van der Waals surface area contributed by atoms with E-state index in [1.54, 1.807) is 12.4 Å². The van der Waals surface area contributed by atoms with E-state index in [0.29, 0.717) is 12.6 Å². The second kappa shape index (κ2) is 8.29. The molecule has 0 unspecified atom stereocenters. The van der Waals surface area contributed by atoms with Crippen LogP contribution in [0.15, 0.2) is 24.5 Å². The molecule has 3 rings (SSSR count). The third kappa shape index (κ3) is 5.20. The largest absolute Gasteiger partial charge is 0.335 e. The molecule has 1 aliphatic heterocycles. The first-order valence-electron chi connectivity index (χ1n) is 8.95. The highest BCUT2D eigenvalue weighted by molar-refractivity contribution is 5.74. The van der Waals surface area contributed by atoms with Gasteiger partial charge in [0.15, 0.2) is 0 Å². The lowest BCUT2D eigenvalue weighted by molar-refractivity contribution is 0.171. The van der Waals surface area contributed by atoms with E-state index in [9.17, 15) is 4.79 Å². The summed E-state index contributed by atoms with van der Waals surface area (Å²) in [4.78, 5) is 18.6. The molecule has 23 heavy (non-hydrogen) atoms. The highest BCUT2D eigenvalue weighted by atomic mass is 16.2. The van der Waals surface area contributed by atoms with Crippen molar-refractivity contribution in [3.05, 3.63) is 30.1 Å². The summed E-state index contributed by atoms with van der Waals surface area (Å²) in [6, 6.07) is 4.09. The molecule has 0 spiro atoms. The smallest absolute Gasteiger partial charge is 0.315 e. The third-order valence-corrected chi connectivity index (χ3v) is 5.12. The van der Waals surface area contributed by atoms with E-state index >= 15 is 0 Å². The summed E-state index contributed by atoms with van der Waals surface area (Å²) in [5.74, 6) is 0.920. The molecular weight excluding hydrogens is 288 g/mol. The van der Waals surface area contributed by atoms with Crippen molar-refractivity contribution in [3.8, 4) is 0 Å². The molecule has 1 saturated heterocycles. The number of hydrogen-bond donors (Lipinski definition) is 2. The maximum Gasteiger partial charge on any atom is 0.315 e. The van der Waals surface area contributed by atoms with Crippen LogP contribution < -0.4 is 10.6 Å². The summed E-state index contributed by atoms with van der Waals surface area (Å²) in [5.41, 5.74) is 1.07. The Morgan fingerprint density at radius 2 is 1.83 bits per heavy atom. The standard InChI is InChI=1S/C18H28N4O/c23-18(20-13-15-5-9-19-10-6-15)21-17-7-11-22(12-8-17)14-16-3-1-2-4-16/h5-6,9-10,16-17H,1-4,7-8,11-14H2,(H2,20,21,23). The van der Waals surface area contributed by atoms with Gasteiger partial charge in [0, 0.05) is 44.6 Å². The molecule has 0 atom stereocenters. The molecule has 1 aromatic rings. The Labute approximate surface area is 138 Å². The van der Waals surface area contributed by atoms with Crippen LogP contribution in [0.3, 0.4) is 0 Å². The van der Waals surface area contributed by atoms with Gasteiger partial charge in [0.2, 0.25) is 0 Å². The van der Waals surface area contributed by atoms with Gasteiger partial charge in [0.1, 0.15) is 0 Å². The topological polar surface area (TPSA) is 57.3 Å². The molecule has 126 valence electrons. The van der Waals surface area contributed by atoms with Gasteiger partial charge in [0.05, 0.1) is 0 Å². The van der Waals surface area contributed by atoms with E-state index in [2.05, 4.69) is 20.5 Å². The van der Waals surface area contributed by atoms with E-state index in [1.165, 1.54) is 32.2 Å². The predicted octanol–water partition coefficient (Wildman–Crippen LogP) is 2.54. The van der Waals surface area contributed by atoms with Gasteiger partial charge in [-0.3, -0.25) is 4.98 Å². The summed E-state index contributed by atoms with van der Waals surface area (Å²) in [6.07, 6.45) is 11.3. The molecule has 5 nitrogen and oxygen atoms in total. The molecule has 1 aliphatic carbocycles. The van der Waals surface area contributed by atoms with Crippen LogP contribution in [0.5, 0.6) is 0 Å². The maximum atomic E-state index is 12.0. The second-order valence-electron chi connectivity index (χ2n) is 6.91. The van der Waals surface area contributed by atoms with E-state index < -0.39 is 0 Å². The number of carbonyl (C=O) groups excluding carboxylic acids is 1. The minimum Gasteiger partial charge on any atom is -0.335 e. The number of nitrogens with one attached hydrogen (secondary N) is 2. The molecular formula is C18H28N4O. The lowest BCUT2D eigenvalue weighted by Gasteiger charge is -2.33. The Kier molecular flexibility index (Phi) is 5.86. The normalized spacial score (nSPS) is 20.5. The molecule has 0 radical (unpaired) electrons. The minimum atomic E-state index is -0.0592. The summed E-state index contributed by atoms with van der Waals surface area (Å²) in [6.45, 7) is 4.05. The van der Waals surface area contributed by atoms with Crippen molar-refractivity contribution in [1.29, 1.82) is 0 Å². The number of aromatic nitrogens is 1. The number of hydrogen-bond acceptors (Lipinski definition) is 3. The van der Waals surface area contributed by atoms with Crippen LogP contribution in [0.4, 0.5) is 4.79 Å². The van der Waals surface area contributed by atoms with Crippen molar-refractivity contribution in [1.82, 2.24) is 20.5 Å². The monoisotopic (exact) mass is 316 g/mol. The van der Waals surface area contributed by atoms with Gasteiger partial charge in [-0.15, -0.1) is 0 Å². The molecule has 2 amide bonds. The van der Waals surface area contributed by atoms with Crippen molar-refractivity contribution >= 4 is 6.03 Å². The molecule has 5 heteroatoms. The van der Waals surface area contributed by atoms with Crippen molar-refractivity contribution in [2.45, 2.75) is 51.1 Å². The fourth-order valence-electron chi connectivity index (χ4n) is 3.74. The lowest BCUT2D eigenvalue weighted by Crippen LogP contribution is -2.48. The first-order chi connectivity index (χ1) is 11.3. The Hall–Kier alpha value is -1.62.